The molecule has 1 unspecified atom stereocenters. The summed E-state index contributed by atoms with van der Waals surface area (Å²) in [4.78, 5) is 14.4. The third-order valence-electron chi connectivity index (χ3n) is 4.11. The van der Waals surface area contributed by atoms with E-state index in [1.807, 2.05) is 0 Å². The summed E-state index contributed by atoms with van der Waals surface area (Å²) in [6, 6.07) is 2.06. The molecule has 21 heavy (non-hydrogen) atoms. The number of nitrogens with one attached hydrogen (secondary N) is 1. The van der Waals surface area contributed by atoms with Crippen LogP contribution in [-0.2, 0) is 12.8 Å². The number of aryl methyl sites for hydroxylation is 1. The summed E-state index contributed by atoms with van der Waals surface area (Å²) in [5.41, 5.74) is 3.30. The molecule has 0 aliphatic heterocycles. The number of carbonyl (C=O) groups excluding carboxylic acids is 1. The average molecular weight is 321 g/mol. The number of fused-ring (bicyclic) bond motifs is 1. The minimum Gasteiger partial charge on any atom is -0.296 e. The molecule has 0 aromatic carbocycles. The maximum absolute atomic E-state index is 12.2. The number of rotatable bonds is 2. The molecular weight excluding hydrogens is 302 g/mol. The summed E-state index contributed by atoms with van der Waals surface area (Å²) >= 11 is 2.96. The Bertz CT molecular complexity index is 640. The van der Waals surface area contributed by atoms with Gasteiger partial charge in [-0.2, -0.15) is 0 Å². The van der Waals surface area contributed by atoms with Gasteiger partial charge in [-0.1, -0.05) is 32.1 Å². The number of hydrogen-bond donors (Lipinski definition) is 1. The Morgan fingerprint density at radius 2 is 2.24 bits per heavy atom. The zero-order chi connectivity index (χ0) is 15.0. The van der Waals surface area contributed by atoms with Crippen molar-refractivity contribution in [2.75, 3.05) is 5.32 Å². The van der Waals surface area contributed by atoms with Crippen LogP contribution in [0.2, 0.25) is 0 Å². The predicted octanol–water partition coefficient (Wildman–Crippen LogP) is 4.00. The predicted molar refractivity (Wildman–Crippen MR) is 87.2 cm³/mol. The molecule has 0 saturated carbocycles. The molecule has 0 bridgehead atoms. The number of aromatic nitrogens is 2. The molecule has 2 aromatic heterocycles. The second kappa shape index (κ2) is 5.50. The summed E-state index contributed by atoms with van der Waals surface area (Å²) in [7, 11) is 0. The fourth-order valence-corrected chi connectivity index (χ4v) is 4.30. The molecule has 6 heteroatoms. The smallest absolute Gasteiger partial charge is 0.267 e. The maximum atomic E-state index is 12.2. The van der Waals surface area contributed by atoms with Crippen molar-refractivity contribution in [2.45, 2.75) is 40.0 Å². The highest BCUT2D eigenvalue weighted by atomic mass is 32.1. The van der Waals surface area contributed by atoms with Crippen molar-refractivity contribution in [3.05, 3.63) is 26.9 Å². The lowest BCUT2D eigenvalue weighted by molar-refractivity contribution is 0.103. The molecule has 1 aliphatic rings. The van der Waals surface area contributed by atoms with Gasteiger partial charge in [-0.15, -0.1) is 21.5 Å². The largest absolute Gasteiger partial charge is 0.296 e. The third-order valence-corrected chi connectivity index (χ3v) is 5.95. The maximum Gasteiger partial charge on any atom is 0.267 e. The van der Waals surface area contributed by atoms with Crippen LogP contribution in [0.15, 0.2) is 11.6 Å². The normalized spacial score (nSPS) is 18.3. The van der Waals surface area contributed by atoms with Gasteiger partial charge in [-0.25, -0.2) is 0 Å². The van der Waals surface area contributed by atoms with E-state index in [0.29, 0.717) is 16.5 Å². The van der Waals surface area contributed by atoms with Crippen LogP contribution in [0.5, 0.6) is 0 Å². The Hall–Kier alpha value is -1.27. The Kier molecular flexibility index (Phi) is 3.84. The zero-order valence-corrected chi connectivity index (χ0v) is 14.1. The van der Waals surface area contributed by atoms with Gasteiger partial charge in [-0.3, -0.25) is 10.1 Å². The van der Waals surface area contributed by atoms with Crippen LogP contribution in [0.1, 0.15) is 47.3 Å². The number of hydrogen-bond acceptors (Lipinski definition) is 5. The lowest BCUT2D eigenvalue weighted by Gasteiger charge is -2.33. The van der Waals surface area contributed by atoms with Gasteiger partial charge < -0.3 is 0 Å². The Balaban J connectivity index is 1.76. The number of amides is 1. The second-order valence-corrected chi connectivity index (χ2v) is 8.53. The first-order valence-electron chi connectivity index (χ1n) is 7.12. The molecule has 1 N–H and O–H groups in total. The van der Waals surface area contributed by atoms with Crippen molar-refractivity contribution >= 4 is 33.7 Å². The van der Waals surface area contributed by atoms with E-state index in [1.165, 1.54) is 28.2 Å². The minimum absolute atomic E-state index is 0.0709. The van der Waals surface area contributed by atoms with Crippen molar-refractivity contribution in [3.8, 4) is 0 Å². The van der Waals surface area contributed by atoms with Gasteiger partial charge in [-0.05, 0) is 42.2 Å². The third kappa shape index (κ3) is 3.16. The summed E-state index contributed by atoms with van der Waals surface area (Å²) in [6.07, 6.45) is 3.39. The summed E-state index contributed by atoms with van der Waals surface area (Å²) in [5, 5.41) is 10.9. The lowest BCUT2D eigenvalue weighted by Crippen LogP contribution is -2.26. The fraction of sp³-hybridized carbons (Fsp3) is 0.533. The van der Waals surface area contributed by atoms with E-state index < -0.39 is 0 Å². The van der Waals surface area contributed by atoms with Crippen LogP contribution >= 0.6 is 22.7 Å². The highest BCUT2D eigenvalue weighted by Crippen LogP contribution is 2.40. The monoisotopic (exact) mass is 321 g/mol. The van der Waals surface area contributed by atoms with Crippen LogP contribution in [-0.4, -0.2) is 16.1 Å². The van der Waals surface area contributed by atoms with Crippen molar-refractivity contribution in [1.29, 1.82) is 0 Å². The number of anilines is 1. The van der Waals surface area contributed by atoms with Gasteiger partial charge in [0.2, 0.25) is 5.13 Å². The van der Waals surface area contributed by atoms with Gasteiger partial charge in [0, 0.05) is 4.88 Å². The van der Waals surface area contributed by atoms with E-state index in [2.05, 4.69) is 42.4 Å². The Labute approximate surface area is 132 Å². The summed E-state index contributed by atoms with van der Waals surface area (Å²) in [5.74, 6) is 0.622. The molecule has 1 aliphatic carbocycles. The summed E-state index contributed by atoms with van der Waals surface area (Å²) in [6.45, 7) is 6.91. The molecular formula is C15H19N3OS2. The van der Waals surface area contributed by atoms with Gasteiger partial charge >= 0.3 is 0 Å². The Morgan fingerprint density at radius 1 is 1.43 bits per heavy atom. The van der Waals surface area contributed by atoms with Gasteiger partial charge in [0.1, 0.15) is 5.51 Å². The van der Waals surface area contributed by atoms with Crippen molar-refractivity contribution in [3.63, 3.8) is 0 Å². The minimum atomic E-state index is -0.0709. The highest BCUT2D eigenvalue weighted by Gasteiger charge is 2.30. The van der Waals surface area contributed by atoms with E-state index >= 15 is 0 Å². The van der Waals surface area contributed by atoms with Crippen molar-refractivity contribution < 1.29 is 4.79 Å². The van der Waals surface area contributed by atoms with E-state index in [9.17, 15) is 4.79 Å². The van der Waals surface area contributed by atoms with Crippen LogP contribution in [0.3, 0.4) is 0 Å². The molecule has 0 radical (unpaired) electrons. The standard InChI is InChI=1S/C15H19N3OS2/c1-15(2,3)10-4-5-11-9(6-10)7-12(21-11)13(19)17-14-18-16-8-20-14/h7-8,10H,4-6H2,1-3H3,(H,17,18,19). The molecule has 0 fully saturated rings. The molecule has 2 aromatic rings. The molecule has 4 nitrogen and oxygen atoms in total. The van der Waals surface area contributed by atoms with Crippen molar-refractivity contribution in [2.24, 2.45) is 11.3 Å². The average Bonchev–Trinajstić information content (AvgIpc) is 3.04. The fourth-order valence-electron chi connectivity index (χ4n) is 2.76. The number of thiophene rings is 1. The van der Waals surface area contributed by atoms with Gasteiger partial charge in [0.25, 0.3) is 5.91 Å². The second-order valence-electron chi connectivity index (χ2n) is 6.56. The van der Waals surface area contributed by atoms with Crippen LogP contribution in [0.25, 0.3) is 0 Å². The van der Waals surface area contributed by atoms with Gasteiger partial charge in [0.05, 0.1) is 4.88 Å². The SMILES string of the molecule is CC(C)(C)C1CCc2sc(C(=O)Nc3nncs3)cc2C1. The zero-order valence-electron chi connectivity index (χ0n) is 12.5. The van der Waals surface area contributed by atoms with E-state index in [-0.39, 0.29) is 5.91 Å². The molecule has 1 amide bonds. The summed E-state index contributed by atoms with van der Waals surface area (Å²) < 4.78 is 0. The highest BCUT2D eigenvalue weighted by molar-refractivity contribution is 7.15. The molecule has 3 rings (SSSR count). The van der Waals surface area contributed by atoms with Crippen LogP contribution in [0, 0.1) is 11.3 Å². The molecule has 1 atom stereocenters. The molecule has 112 valence electrons. The van der Waals surface area contributed by atoms with Gasteiger partial charge in [0.15, 0.2) is 0 Å². The Morgan fingerprint density at radius 3 is 2.90 bits per heavy atom. The lowest BCUT2D eigenvalue weighted by atomic mass is 9.72. The first kappa shape index (κ1) is 14.7. The quantitative estimate of drug-likeness (QED) is 0.909. The molecule has 0 spiro atoms. The van der Waals surface area contributed by atoms with Crippen LogP contribution in [0.4, 0.5) is 5.13 Å². The number of carbonyl (C=O) groups is 1. The first-order valence-corrected chi connectivity index (χ1v) is 8.82. The topological polar surface area (TPSA) is 54.9 Å². The number of nitrogens with zero attached hydrogens (tertiary/aromatic N) is 2. The van der Waals surface area contributed by atoms with E-state index in [4.69, 9.17) is 0 Å². The van der Waals surface area contributed by atoms with Crippen molar-refractivity contribution in [1.82, 2.24) is 10.2 Å². The molecule has 0 saturated heterocycles. The molecule has 2 heterocycles. The van der Waals surface area contributed by atoms with E-state index in [0.717, 1.165) is 17.7 Å². The van der Waals surface area contributed by atoms with E-state index in [1.54, 1.807) is 16.8 Å². The first-order chi connectivity index (χ1) is 9.93. The van der Waals surface area contributed by atoms with Crippen LogP contribution < -0.4 is 5.32 Å².